The van der Waals surface area contributed by atoms with Crippen LogP contribution in [0.3, 0.4) is 0 Å². The van der Waals surface area contributed by atoms with Gasteiger partial charge in [-0.1, -0.05) is 76.6 Å². The molecular weight excluding hydrogens is 410 g/mol. The van der Waals surface area contributed by atoms with Gasteiger partial charge < -0.3 is 0 Å². The van der Waals surface area contributed by atoms with Gasteiger partial charge in [-0.05, 0) is 45.8 Å². The maximum absolute atomic E-state index is 12.8. The van der Waals surface area contributed by atoms with Crippen LogP contribution in [0, 0.1) is 0 Å². The average Bonchev–Trinajstić information content (AvgIpc) is 2.91. The third-order valence-electron chi connectivity index (χ3n) is 4.27. The van der Waals surface area contributed by atoms with Crippen molar-refractivity contribution in [1.29, 1.82) is 0 Å². The number of carbonyl (C=O) groups is 2. The molecule has 2 amide bonds. The Morgan fingerprint density at radius 3 is 2.50 bits per heavy atom. The van der Waals surface area contributed by atoms with Crippen LogP contribution in [-0.2, 0) is 11.3 Å². The molecule has 1 aliphatic heterocycles. The number of rotatable bonds is 3. The molecule has 1 heterocycles. The van der Waals surface area contributed by atoms with Crippen molar-refractivity contribution in [3.05, 3.63) is 87.2 Å². The molecular formula is C21H14BrNO2S. The second kappa shape index (κ2) is 7.09. The smallest absolute Gasteiger partial charge is 0.268 e. The molecule has 0 atom stereocenters. The van der Waals surface area contributed by atoms with Crippen molar-refractivity contribution >= 4 is 55.7 Å². The van der Waals surface area contributed by atoms with Crippen LogP contribution in [-0.4, -0.2) is 16.0 Å². The predicted molar refractivity (Wildman–Crippen MR) is 110 cm³/mol. The van der Waals surface area contributed by atoms with E-state index in [-0.39, 0.29) is 17.7 Å². The Kier molecular flexibility index (Phi) is 4.66. The zero-order valence-electron chi connectivity index (χ0n) is 13.7. The average molecular weight is 424 g/mol. The number of nitrogens with zero attached hydrogens (tertiary/aromatic N) is 1. The molecule has 0 radical (unpaired) electrons. The highest BCUT2D eigenvalue weighted by molar-refractivity contribution is 9.10. The van der Waals surface area contributed by atoms with Crippen LogP contribution in [0.15, 0.2) is 76.1 Å². The molecule has 3 aromatic carbocycles. The van der Waals surface area contributed by atoms with Gasteiger partial charge in [-0.15, -0.1) is 0 Å². The van der Waals surface area contributed by atoms with E-state index in [0.717, 1.165) is 38.1 Å². The molecule has 0 aliphatic carbocycles. The highest BCUT2D eigenvalue weighted by Gasteiger charge is 2.35. The molecule has 1 aliphatic rings. The van der Waals surface area contributed by atoms with E-state index < -0.39 is 0 Å². The van der Waals surface area contributed by atoms with Gasteiger partial charge in [0.2, 0.25) is 0 Å². The third-order valence-corrected chi connectivity index (χ3v) is 5.95. The van der Waals surface area contributed by atoms with Crippen molar-refractivity contribution in [2.75, 3.05) is 0 Å². The number of hydrogen-bond acceptors (Lipinski definition) is 3. The molecule has 0 spiro atoms. The molecule has 0 N–H and O–H groups in total. The van der Waals surface area contributed by atoms with Gasteiger partial charge in [0.15, 0.2) is 0 Å². The fourth-order valence-electron chi connectivity index (χ4n) is 2.95. The minimum Gasteiger partial charge on any atom is -0.268 e. The Morgan fingerprint density at radius 2 is 1.65 bits per heavy atom. The summed E-state index contributed by atoms with van der Waals surface area (Å²) in [5.41, 5.74) is 1.84. The summed E-state index contributed by atoms with van der Waals surface area (Å²) in [6.45, 7) is 0.263. The minimum absolute atomic E-state index is 0.239. The molecule has 5 heteroatoms. The number of fused-ring (bicyclic) bond motifs is 1. The van der Waals surface area contributed by atoms with Gasteiger partial charge in [0.05, 0.1) is 11.4 Å². The van der Waals surface area contributed by atoms with Gasteiger partial charge in [-0.3, -0.25) is 14.5 Å². The number of hydrogen-bond donors (Lipinski definition) is 0. The second-order valence-corrected chi connectivity index (χ2v) is 7.78. The Bertz CT molecular complexity index is 1060. The van der Waals surface area contributed by atoms with Crippen LogP contribution in [0.5, 0.6) is 0 Å². The van der Waals surface area contributed by atoms with Gasteiger partial charge in [-0.25, -0.2) is 0 Å². The summed E-state index contributed by atoms with van der Waals surface area (Å²) in [6, 6.07) is 21.6. The highest BCUT2D eigenvalue weighted by Crippen LogP contribution is 2.35. The number of amides is 2. The molecule has 4 rings (SSSR count). The Balaban J connectivity index is 1.66. The molecule has 0 unspecified atom stereocenters. The Labute approximate surface area is 163 Å². The van der Waals surface area contributed by atoms with Gasteiger partial charge in [0, 0.05) is 4.47 Å². The van der Waals surface area contributed by atoms with E-state index in [1.807, 2.05) is 72.8 Å². The number of imide groups is 1. The lowest BCUT2D eigenvalue weighted by molar-refractivity contribution is -0.123. The molecule has 1 saturated heterocycles. The number of carbonyl (C=O) groups excluding carboxylic acids is 2. The van der Waals surface area contributed by atoms with Crippen molar-refractivity contribution in [2.45, 2.75) is 6.54 Å². The first-order valence-electron chi connectivity index (χ1n) is 8.10. The number of halogens is 1. The largest absolute Gasteiger partial charge is 0.293 e. The van der Waals surface area contributed by atoms with Crippen molar-refractivity contribution in [1.82, 2.24) is 4.90 Å². The first-order valence-corrected chi connectivity index (χ1v) is 9.71. The Hall–Kier alpha value is -2.37. The number of thioether (sulfide) groups is 1. The van der Waals surface area contributed by atoms with Gasteiger partial charge in [0.1, 0.15) is 0 Å². The molecule has 1 fully saturated rings. The van der Waals surface area contributed by atoms with Crippen molar-refractivity contribution in [2.24, 2.45) is 0 Å². The third kappa shape index (κ3) is 3.20. The monoisotopic (exact) mass is 423 g/mol. The summed E-state index contributed by atoms with van der Waals surface area (Å²) >= 11 is 4.46. The quantitative estimate of drug-likeness (QED) is 0.496. The zero-order valence-corrected chi connectivity index (χ0v) is 16.1. The van der Waals surface area contributed by atoms with E-state index in [1.165, 1.54) is 4.90 Å². The SMILES string of the molecule is O=C1S/C(=C/c2cccc3ccccc23)C(=O)N1Cc1ccccc1Br. The fourth-order valence-corrected chi connectivity index (χ4v) is 4.19. The van der Waals surface area contributed by atoms with Gasteiger partial charge >= 0.3 is 0 Å². The van der Waals surface area contributed by atoms with E-state index in [0.29, 0.717) is 4.91 Å². The van der Waals surface area contributed by atoms with Crippen molar-refractivity contribution in [3.63, 3.8) is 0 Å². The van der Waals surface area contributed by atoms with E-state index >= 15 is 0 Å². The van der Waals surface area contributed by atoms with Gasteiger partial charge in [0.25, 0.3) is 11.1 Å². The van der Waals surface area contributed by atoms with E-state index in [4.69, 9.17) is 0 Å². The lowest BCUT2D eigenvalue weighted by Crippen LogP contribution is -2.27. The molecule has 3 nitrogen and oxygen atoms in total. The van der Waals surface area contributed by atoms with Gasteiger partial charge in [-0.2, -0.15) is 0 Å². The van der Waals surface area contributed by atoms with E-state index in [2.05, 4.69) is 15.9 Å². The van der Waals surface area contributed by atoms with E-state index in [1.54, 1.807) is 0 Å². The normalized spacial score (nSPS) is 16.0. The lowest BCUT2D eigenvalue weighted by Gasteiger charge is -2.13. The van der Waals surface area contributed by atoms with Crippen molar-refractivity contribution < 1.29 is 9.59 Å². The molecule has 0 saturated carbocycles. The first-order chi connectivity index (χ1) is 12.6. The summed E-state index contributed by atoms with van der Waals surface area (Å²) < 4.78 is 0.886. The standard InChI is InChI=1S/C21H14BrNO2S/c22-18-11-4-2-7-16(18)13-23-20(24)19(26-21(23)25)12-15-9-5-8-14-6-1-3-10-17(14)15/h1-12H,13H2/b19-12+. The fraction of sp³-hybridized carbons (Fsp3) is 0.0476. The summed E-state index contributed by atoms with van der Waals surface area (Å²) in [5, 5.41) is 1.93. The molecule has 0 bridgehead atoms. The summed E-state index contributed by atoms with van der Waals surface area (Å²) in [5.74, 6) is -0.247. The molecule has 3 aromatic rings. The van der Waals surface area contributed by atoms with E-state index in [9.17, 15) is 9.59 Å². The van der Waals surface area contributed by atoms with Crippen LogP contribution in [0.2, 0.25) is 0 Å². The van der Waals surface area contributed by atoms with Crippen LogP contribution in [0.4, 0.5) is 4.79 Å². The molecule has 128 valence electrons. The molecule has 0 aromatic heterocycles. The van der Waals surface area contributed by atoms with Crippen molar-refractivity contribution in [3.8, 4) is 0 Å². The topological polar surface area (TPSA) is 37.4 Å². The first kappa shape index (κ1) is 17.1. The predicted octanol–water partition coefficient (Wildman–Crippen LogP) is 5.84. The van der Waals surface area contributed by atoms with Crippen LogP contribution in [0.25, 0.3) is 16.8 Å². The van der Waals surface area contributed by atoms with Crippen LogP contribution < -0.4 is 0 Å². The van der Waals surface area contributed by atoms with Crippen LogP contribution in [0.1, 0.15) is 11.1 Å². The second-order valence-electron chi connectivity index (χ2n) is 5.93. The summed E-state index contributed by atoms with van der Waals surface area (Å²) in [7, 11) is 0. The maximum atomic E-state index is 12.8. The number of benzene rings is 3. The van der Waals surface area contributed by atoms with Crippen LogP contribution >= 0.6 is 27.7 Å². The highest BCUT2D eigenvalue weighted by atomic mass is 79.9. The minimum atomic E-state index is -0.247. The Morgan fingerprint density at radius 1 is 0.923 bits per heavy atom. The maximum Gasteiger partial charge on any atom is 0.293 e. The molecule has 26 heavy (non-hydrogen) atoms. The zero-order chi connectivity index (χ0) is 18.1. The summed E-state index contributed by atoms with van der Waals surface area (Å²) in [4.78, 5) is 26.9. The summed E-state index contributed by atoms with van der Waals surface area (Å²) in [6.07, 6.45) is 1.81. The lowest BCUT2D eigenvalue weighted by atomic mass is 10.0.